The van der Waals surface area contributed by atoms with Gasteiger partial charge in [-0.2, -0.15) is 0 Å². The standard InChI is InChI=1S/C11H16O2/c1-3-5-7-10-8-9(6-4-2)11(12)13-10/h3,8,10H,1,4-7H2,2H3. The molecule has 0 N–H and O–H groups in total. The molecular weight excluding hydrogens is 164 g/mol. The third kappa shape index (κ3) is 2.72. The van der Waals surface area contributed by atoms with Gasteiger partial charge in [-0.05, 0) is 25.3 Å². The molecule has 1 rings (SSSR count). The molecular formula is C11H16O2. The lowest BCUT2D eigenvalue weighted by Gasteiger charge is -2.04. The van der Waals surface area contributed by atoms with Crippen LogP contribution in [-0.2, 0) is 9.53 Å². The van der Waals surface area contributed by atoms with E-state index in [0.29, 0.717) is 0 Å². The van der Waals surface area contributed by atoms with Crippen molar-refractivity contribution in [3.05, 3.63) is 24.3 Å². The van der Waals surface area contributed by atoms with Crippen LogP contribution in [0.5, 0.6) is 0 Å². The van der Waals surface area contributed by atoms with Gasteiger partial charge in [0.05, 0.1) is 0 Å². The van der Waals surface area contributed by atoms with Crippen molar-refractivity contribution in [1.29, 1.82) is 0 Å². The van der Waals surface area contributed by atoms with Gasteiger partial charge in [-0.1, -0.05) is 19.4 Å². The quantitative estimate of drug-likeness (QED) is 0.480. The normalized spacial score (nSPS) is 21.2. The zero-order valence-corrected chi connectivity index (χ0v) is 8.08. The van der Waals surface area contributed by atoms with E-state index in [1.54, 1.807) is 0 Å². The number of hydrogen-bond donors (Lipinski definition) is 0. The summed E-state index contributed by atoms with van der Waals surface area (Å²) in [6.07, 6.45) is 7.39. The molecule has 0 amide bonds. The van der Waals surface area contributed by atoms with Crippen molar-refractivity contribution < 1.29 is 9.53 Å². The molecule has 0 bridgehead atoms. The van der Waals surface area contributed by atoms with Gasteiger partial charge in [0.2, 0.25) is 0 Å². The van der Waals surface area contributed by atoms with Crippen LogP contribution in [0.1, 0.15) is 32.6 Å². The number of esters is 1. The minimum absolute atomic E-state index is 0.00736. The summed E-state index contributed by atoms with van der Waals surface area (Å²) in [5.74, 6) is -0.129. The number of rotatable bonds is 5. The van der Waals surface area contributed by atoms with E-state index in [4.69, 9.17) is 4.74 Å². The molecule has 1 atom stereocenters. The lowest BCUT2D eigenvalue weighted by Crippen LogP contribution is -2.07. The summed E-state index contributed by atoms with van der Waals surface area (Å²) < 4.78 is 5.15. The van der Waals surface area contributed by atoms with Gasteiger partial charge >= 0.3 is 5.97 Å². The number of carbonyl (C=O) groups excluding carboxylic acids is 1. The number of cyclic esters (lactones) is 1. The highest BCUT2D eigenvalue weighted by molar-refractivity contribution is 5.90. The number of hydrogen-bond acceptors (Lipinski definition) is 2. The predicted octanol–water partition coefficient (Wildman–Crippen LogP) is 2.60. The molecule has 0 saturated heterocycles. The Balaban J connectivity index is 2.45. The lowest BCUT2D eigenvalue weighted by molar-refractivity contribution is -0.139. The Bertz CT molecular complexity index is 228. The Kier molecular flexibility index (Phi) is 3.74. The maximum Gasteiger partial charge on any atom is 0.334 e. The Morgan fingerprint density at radius 3 is 3.08 bits per heavy atom. The average Bonchev–Trinajstić information content (AvgIpc) is 2.45. The summed E-state index contributed by atoms with van der Waals surface area (Å²) in [6.45, 7) is 5.70. The Labute approximate surface area is 79.3 Å². The monoisotopic (exact) mass is 180 g/mol. The lowest BCUT2D eigenvalue weighted by atomic mass is 10.1. The highest BCUT2D eigenvalue weighted by Gasteiger charge is 2.23. The second kappa shape index (κ2) is 4.85. The SMILES string of the molecule is C=CCCC1C=C(CCC)C(=O)O1. The van der Waals surface area contributed by atoms with E-state index in [-0.39, 0.29) is 12.1 Å². The van der Waals surface area contributed by atoms with E-state index in [0.717, 1.165) is 31.3 Å². The molecule has 0 aromatic carbocycles. The van der Waals surface area contributed by atoms with Crippen molar-refractivity contribution in [3.8, 4) is 0 Å². The van der Waals surface area contributed by atoms with E-state index in [9.17, 15) is 4.79 Å². The van der Waals surface area contributed by atoms with Crippen LogP contribution in [0.4, 0.5) is 0 Å². The van der Waals surface area contributed by atoms with E-state index < -0.39 is 0 Å². The fourth-order valence-electron chi connectivity index (χ4n) is 1.42. The van der Waals surface area contributed by atoms with Gasteiger partial charge in [-0.25, -0.2) is 4.79 Å². The van der Waals surface area contributed by atoms with Crippen LogP contribution in [0.25, 0.3) is 0 Å². The van der Waals surface area contributed by atoms with E-state index in [1.165, 1.54) is 0 Å². The largest absolute Gasteiger partial charge is 0.455 e. The molecule has 1 aliphatic heterocycles. The van der Waals surface area contributed by atoms with Crippen LogP contribution in [-0.4, -0.2) is 12.1 Å². The zero-order valence-electron chi connectivity index (χ0n) is 8.08. The molecule has 2 nitrogen and oxygen atoms in total. The second-order valence-electron chi connectivity index (χ2n) is 3.25. The first-order valence-electron chi connectivity index (χ1n) is 4.80. The van der Waals surface area contributed by atoms with Crippen molar-refractivity contribution in [1.82, 2.24) is 0 Å². The maximum atomic E-state index is 11.2. The third-order valence-corrected chi connectivity index (χ3v) is 2.08. The van der Waals surface area contributed by atoms with Crippen LogP contribution < -0.4 is 0 Å². The molecule has 0 aliphatic carbocycles. The second-order valence-corrected chi connectivity index (χ2v) is 3.25. The van der Waals surface area contributed by atoms with Crippen molar-refractivity contribution in [2.24, 2.45) is 0 Å². The summed E-state index contributed by atoms with van der Waals surface area (Å²) in [5, 5.41) is 0. The number of carbonyl (C=O) groups is 1. The molecule has 1 aliphatic rings. The molecule has 0 radical (unpaired) electrons. The van der Waals surface area contributed by atoms with Gasteiger partial charge in [0.15, 0.2) is 0 Å². The van der Waals surface area contributed by atoms with Crippen LogP contribution in [0.2, 0.25) is 0 Å². The summed E-state index contributed by atoms with van der Waals surface area (Å²) in [4.78, 5) is 11.2. The number of allylic oxidation sites excluding steroid dienone is 1. The van der Waals surface area contributed by atoms with Gasteiger partial charge in [0.1, 0.15) is 6.10 Å². The van der Waals surface area contributed by atoms with Crippen molar-refractivity contribution in [3.63, 3.8) is 0 Å². The molecule has 13 heavy (non-hydrogen) atoms. The molecule has 0 aromatic rings. The zero-order chi connectivity index (χ0) is 9.68. The Morgan fingerprint density at radius 2 is 2.46 bits per heavy atom. The average molecular weight is 180 g/mol. The highest BCUT2D eigenvalue weighted by atomic mass is 16.5. The van der Waals surface area contributed by atoms with Crippen LogP contribution >= 0.6 is 0 Å². The molecule has 72 valence electrons. The van der Waals surface area contributed by atoms with Gasteiger partial charge in [0.25, 0.3) is 0 Å². The van der Waals surface area contributed by atoms with Crippen molar-refractivity contribution in [2.75, 3.05) is 0 Å². The molecule has 2 heteroatoms. The first-order chi connectivity index (χ1) is 6.27. The molecule has 0 saturated carbocycles. The minimum atomic E-state index is -0.129. The first-order valence-corrected chi connectivity index (χ1v) is 4.80. The van der Waals surface area contributed by atoms with Gasteiger partial charge < -0.3 is 4.74 Å². The van der Waals surface area contributed by atoms with Gasteiger partial charge in [0, 0.05) is 5.57 Å². The molecule has 1 heterocycles. The Morgan fingerprint density at radius 1 is 1.69 bits per heavy atom. The van der Waals surface area contributed by atoms with Crippen molar-refractivity contribution >= 4 is 5.97 Å². The highest BCUT2D eigenvalue weighted by Crippen LogP contribution is 2.20. The van der Waals surface area contributed by atoms with Crippen LogP contribution in [0.15, 0.2) is 24.3 Å². The van der Waals surface area contributed by atoms with Crippen molar-refractivity contribution in [2.45, 2.75) is 38.7 Å². The first kappa shape index (κ1) is 10.0. The van der Waals surface area contributed by atoms with Gasteiger partial charge in [-0.15, -0.1) is 6.58 Å². The van der Waals surface area contributed by atoms with Crippen LogP contribution in [0, 0.1) is 0 Å². The molecule has 0 fully saturated rings. The fourth-order valence-corrected chi connectivity index (χ4v) is 1.42. The van der Waals surface area contributed by atoms with Gasteiger partial charge in [-0.3, -0.25) is 0 Å². The maximum absolute atomic E-state index is 11.2. The fraction of sp³-hybridized carbons (Fsp3) is 0.545. The van der Waals surface area contributed by atoms with E-state index in [2.05, 4.69) is 13.5 Å². The topological polar surface area (TPSA) is 26.3 Å². The summed E-state index contributed by atoms with van der Waals surface area (Å²) in [7, 11) is 0. The number of ether oxygens (including phenoxy) is 1. The predicted molar refractivity (Wildman–Crippen MR) is 52.3 cm³/mol. The molecule has 0 spiro atoms. The summed E-state index contributed by atoms with van der Waals surface area (Å²) >= 11 is 0. The molecule has 1 unspecified atom stereocenters. The summed E-state index contributed by atoms with van der Waals surface area (Å²) in [5.41, 5.74) is 0.844. The third-order valence-electron chi connectivity index (χ3n) is 2.08. The molecule has 0 aromatic heterocycles. The Hall–Kier alpha value is -1.05. The minimum Gasteiger partial charge on any atom is -0.455 e. The van der Waals surface area contributed by atoms with Crippen LogP contribution in [0.3, 0.4) is 0 Å². The smallest absolute Gasteiger partial charge is 0.334 e. The van der Waals surface area contributed by atoms with E-state index in [1.807, 2.05) is 12.2 Å². The summed E-state index contributed by atoms with van der Waals surface area (Å²) in [6, 6.07) is 0. The van der Waals surface area contributed by atoms with E-state index >= 15 is 0 Å².